The van der Waals surface area contributed by atoms with Gasteiger partial charge < -0.3 is 9.47 Å². The SMILES string of the molecule is C=CC1CC(C=C)C(COC(=O)Cc2cc(C)sc2-c2ccc(C)s2)C1COC(=O)Cc1cc(-c2ccc(C)s2)sc1C. The number of esters is 2. The van der Waals surface area contributed by atoms with E-state index in [2.05, 4.69) is 77.3 Å². The van der Waals surface area contributed by atoms with Gasteiger partial charge >= 0.3 is 11.9 Å². The molecule has 4 unspecified atom stereocenters. The molecule has 1 fully saturated rings. The number of carbonyl (C=O) groups is 2. The van der Waals surface area contributed by atoms with Gasteiger partial charge in [0.1, 0.15) is 0 Å². The number of thiophene rings is 4. The van der Waals surface area contributed by atoms with Gasteiger partial charge in [0.2, 0.25) is 0 Å². The van der Waals surface area contributed by atoms with Gasteiger partial charge in [-0.15, -0.1) is 58.5 Å². The summed E-state index contributed by atoms with van der Waals surface area (Å²) in [6, 6.07) is 12.7. The maximum atomic E-state index is 13.1. The Morgan fingerprint density at radius 2 is 1.28 bits per heavy atom. The Morgan fingerprint density at radius 1 is 0.721 bits per heavy atom. The third-order valence-electron chi connectivity index (χ3n) is 8.24. The van der Waals surface area contributed by atoms with E-state index in [1.807, 2.05) is 12.2 Å². The normalized spacial score (nSPS) is 19.8. The lowest BCUT2D eigenvalue weighted by atomic mass is 9.88. The van der Waals surface area contributed by atoms with Gasteiger partial charge in [0, 0.05) is 50.9 Å². The van der Waals surface area contributed by atoms with Gasteiger partial charge in [-0.05, 0) is 93.5 Å². The van der Waals surface area contributed by atoms with Crippen molar-refractivity contribution in [1.82, 2.24) is 0 Å². The molecule has 1 saturated carbocycles. The van der Waals surface area contributed by atoms with E-state index < -0.39 is 0 Å². The van der Waals surface area contributed by atoms with Gasteiger partial charge in [-0.25, -0.2) is 0 Å². The molecule has 0 N–H and O–H groups in total. The highest BCUT2D eigenvalue weighted by Crippen LogP contribution is 2.44. The number of rotatable bonds is 12. The van der Waals surface area contributed by atoms with E-state index in [-0.39, 0.29) is 61.7 Å². The molecule has 0 spiro atoms. The molecule has 4 heterocycles. The fourth-order valence-corrected chi connectivity index (χ4v) is 10.0. The highest BCUT2D eigenvalue weighted by atomic mass is 32.1. The van der Waals surface area contributed by atoms with Crippen LogP contribution in [-0.2, 0) is 31.9 Å². The van der Waals surface area contributed by atoms with Crippen molar-refractivity contribution in [2.24, 2.45) is 23.7 Å². The van der Waals surface area contributed by atoms with Crippen LogP contribution in [0, 0.1) is 51.4 Å². The first-order chi connectivity index (χ1) is 20.6. The van der Waals surface area contributed by atoms with Crippen LogP contribution in [0.15, 0.2) is 61.7 Å². The largest absolute Gasteiger partial charge is 0.465 e. The summed E-state index contributed by atoms with van der Waals surface area (Å²) in [6.07, 6.45) is 5.22. The molecule has 5 rings (SSSR count). The predicted octanol–water partition coefficient (Wildman–Crippen LogP) is 9.61. The molecule has 0 amide bonds. The molecule has 0 aliphatic heterocycles. The van der Waals surface area contributed by atoms with Crippen molar-refractivity contribution in [3.8, 4) is 19.5 Å². The topological polar surface area (TPSA) is 52.6 Å². The van der Waals surface area contributed by atoms with Crippen LogP contribution < -0.4 is 0 Å². The summed E-state index contributed by atoms with van der Waals surface area (Å²) < 4.78 is 11.8. The van der Waals surface area contributed by atoms with Gasteiger partial charge in [0.25, 0.3) is 0 Å². The van der Waals surface area contributed by atoms with Crippen molar-refractivity contribution in [2.45, 2.75) is 47.0 Å². The molecular weight excluding hydrogens is 613 g/mol. The second-order valence-corrected chi connectivity index (χ2v) is 16.4. The molecule has 4 aromatic heterocycles. The Bertz CT molecular complexity index is 1620. The summed E-state index contributed by atoms with van der Waals surface area (Å²) >= 11 is 6.94. The molecule has 1 aliphatic rings. The number of allylic oxidation sites excluding steroid dienone is 2. The summed E-state index contributed by atoms with van der Waals surface area (Å²) in [4.78, 5) is 35.7. The zero-order chi connectivity index (χ0) is 30.7. The van der Waals surface area contributed by atoms with Gasteiger partial charge in [0.05, 0.1) is 26.1 Å². The number of ether oxygens (including phenoxy) is 2. The van der Waals surface area contributed by atoms with Crippen LogP contribution in [0.5, 0.6) is 0 Å². The quantitative estimate of drug-likeness (QED) is 0.113. The standard InChI is InChI=1S/C35H38O4S4/c1-7-24-14-25(8-2)29(19-39-34(37)17-27-13-22(5)42-35(27)31-12-10-21(4)41-31)28(24)18-38-33(36)16-26-15-32(43-23(26)6)30-11-9-20(3)40-30/h7-13,15,24-25,28-29H,1-2,14,16-19H2,3-6H3. The van der Waals surface area contributed by atoms with Crippen LogP contribution in [0.3, 0.4) is 0 Å². The fourth-order valence-electron chi connectivity index (χ4n) is 5.97. The minimum absolute atomic E-state index is 0.0115. The Hall–Kier alpha value is -2.78. The minimum atomic E-state index is -0.238. The molecule has 0 saturated heterocycles. The first-order valence-corrected chi connectivity index (χ1v) is 17.8. The van der Waals surface area contributed by atoms with Crippen molar-refractivity contribution in [1.29, 1.82) is 0 Å². The van der Waals surface area contributed by atoms with Crippen LogP contribution >= 0.6 is 45.3 Å². The van der Waals surface area contributed by atoms with Crippen LogP contribution in [0.1, 0.15) is 37.1 Å². The lowest BCUT2D eigenvalue weighted by Gasteiger charge is -2.24. The summed E-state index contributed by atoms with van der Waals surface area (Å²) in [6.45, 7) is 17.0. The molecule has 4 aromatic rings. The maximum absolute atomic E-state index is 13.1. The van der Waals surface area contributed by atoms with Crippen LogP contribution in [0.2, 0.25) is 0 Å². The Kier molecular flexibility index (Phi) is 10.2. The number of aryl methyl sites for hydroxylation is 4. The first-order valence-electron chi connectivity index (χ1n) is 14.5. The smallest absolute Gasteiger partial charge is 0.310 e. The van der Waals surface area contributed by atoms with Crippen molar-refractivity contribution >= 4 is 57.3 Å². The van der Waals surface area contributed by atoms with E-state index in [1.54, 1.807) is 45.3 Å². The summed E-state index contributed by atoms with van der Waals surface area (Å²) in [5.41, 5.74) is 2.02. The second-order valence-electron chi connectivity index (χ2n) is 11.3. The average molecular weight is 651 g/mol. The van der Waals surface area contributed by atoms with E-state index in [0.717, 1.165) is 27.3 Å². The first kappa shape index (κ1) is 31.6. The van der Waals surface area contributed by atoms with E-state index in [4.69, 9.17) is 9.47 Å². The second kappa shape index (κ2) is 13.9. The average Bonchev–Trinajstić information content (AvgIpc) is 3.79. The van der Waals surface area contributed by atoms with E-state index in [1.165, 1.54) is 29.3 Å². The van der Waals surface area contributed by atoms with E-state index in [0.29, 0.717) is 0 Å². The van der Waals surface area contributed by atoms with Gasteiger partial charge in [-0.3, -0.25) is 9.59 Å². The van der Waals surface area contributed by atoms with Crippen LogP contribution in [0.4, 0.5) is 0 Å². The van der Waals surface area contributed by atoms with E-state index in [9.17, 15) is 9.59 Å². The molecule has 43 heavy (non-hydrogen) atoms. The summed E-state index contributed by atoms with van der Waals surface area (Å²) in [7, 11) is 0. The van der Waals surface area contributed by atoms with Crippen molar-refractivity contribution in [3.05, 3.63) is 92.3 Å². The predicted molar refractivity (Wildman–Crippen MR) is 183 cm³/mol. The molecule has 1 aliphatic carbocycles. The molecular formula is C35H38O4S4. The lowest BCUT2D eigenvalue weighted by molar-refractivity contribution is -0.149. The third kappa shape index (κ3) is 7.48. The number of carbonyl (C=O) groups excluding carboxylic acids is 2. The van der Waals surface area contributed by atoms with Gasteiger partial charge in [-0.2, -0.15) is 0 Å². The molecule has 4 nitrogen and oxygen atoms in total. The molecule has 4 atom stereocenters. The molecule has 8 heteroatoms. The fraction of sp³-hybridized carbons (Fsp3) is 0.371. The molecule has 0 bridgehead atoms. The van der Waals surface area contributed by atoms with Crippen molar-refractivity contribution in [3.63, 3.8) is 0 Å². The Labute approximate surface area is 270 Å². The molecule has 0 aromatic carbocycles. The highest BCUT2D eigenvalue weighted by molar-refractivity contribution is 7.22. The van der Waals surface area contributed by atoms with Crippen molar-refractivity contribution < 1.29 is 19.1 Å². The Morgan fingerprint density at radius 3 is 1.81 bits per heavy atom. The van der Waals surface area contributed by atoms with Gasteiger partial charge in [-0.1, -0.05) is 12.2 Å². The summed E-state index contributed by atoms with van der Waals surface area (Å²) in [5.74, 6) is -0.138. The number of hydrogen-bond acceptors (Lipinski definition) is 8. The molecule has 226 valence electrons. The maximum Gasteiger partial charge on any atom is 0.310 e. The van der Waals surface area contributed by atoms with Gasteiger partial charge in [0.15, 0.2) is 0 Å². The zero-order valence-electron chi connectivity index (χ0n) is 25.1. The van der Waals surface area contributed by atoms with Crippen molar-refractivity contribution in [2.75, 3.05) is 13.2 Å². The summed E-state index contributed by atoms with van der Waals surface area (Å²) in [5, 5.41) is 0. The zero-order valence-corrected chi connectivity index (χ0v) is 28.4. The lowest BCUT2D eigenvalue weighted by Crippen LogP contribution is -2.28. The highest BCUT2D eigenvalue weighted by Gasteiger charge is 2.42. The monoisotopic (exact) mass is 650 g/mol. The third-order valence-corrected chi connectivity index (χ3v) is 12.8. The number of hydrogen-bond donors (Lipinski definition) is 0. The van der Waals surface area contributed by atoms with E-state index >= 15 is 0 Å². The molecule has 0 radical (unpaired) electrons. The van der Waals surface area contributed by atoms with Crippen LogP contribution in [-0.4, -0.2) is 25.2 Å². The minimum Gasteiger partial charge on any atom is -0.465 e. The van der Waals surface area contributed by atoms with Crippen LogP contribution in [0.25, 0.3) is 19.5 Å². The Balaban J connectivity index is 1.20.